The summed E-state index contributed by atoms with van der Waals surface area (Å²) in [5.41, 5.74) is 0. The van der Waals surface area contributed by atoms with Crippen molar-refractivity contribution in [2.24, 2.45) is 11.8 Å². The molecule has 4 aliphatic heterocycles. The Morgan fingerprint density at radius 1 is 1.04 bits per heavy atom. The van der Waals surface area contributed by atoms with Crippen LogP contribution in [0.1, 0.15) is 46.5 Å². The van der Waals surface area contributed by atoms with Crippen LogP contribution in [0.2, 0.25) is 0 Å². The third-order valence-corrected chi connectivity index (χ3v) is 7.18. The maximum atomic E-state index is 3.78. The molecule has 6 atom stereocenters. The molecule has 6 unspecified atom stereocenters. The normalized spacial score (nSPS) is 43.0. The van der Waals surface area contributed by atoms with Crippen LogP contribution in [0, 0.1) is 11.8 Å². The Hall–Kier alpha value is -0.160. The third kappa shape index (κ3) is 3.20. The van der Waals surface area contributed by atoms with Crippen LogP contribution in [0.3, 0.4) is 0 Å². The minimum absolute atomic E-state index is 0.690. The number of nitrogens with one attached hydrogen (secondary N) is 2. The summed E-state index contributed by atoms with van der Waals surface area (Å²) >= 11 is 0. The Bertz CT molecular complexity index is 412. The van der Waals surface area contributed by atoms with E-state index in [1.165, 1.54) is 58.4 Å². The topological polar surface area (TPSA) is 30.5 Å². The van der Waals surface area contributed by atoms with E-state index in [1.807, 2.05) is 0 Å². The Morgan fingerprint density at radius 2 is 1.91 bits per heavy atom. The first kappa shape index (κ1) is 16.3. The summed E-state index contributed by atoms with van der Waals surface area (Å²) in [5, 5.41) is 7.41. The van der Waals surface area contributed by atoms with Crippen molar-refractivity contribution >= 4 is 0 Å². The van der Waals surface area contributed by atoms with Gasteiger partial charge in [0.1, 0.15) is 0 Å². The first-order valence-corrected chi connectivity index (χ1v) is 10.1. The van der Waals surface area contributed by atoms with Gasteiger partial charge in [0, 0.05) is 43.3 Å². The van der Waals surface area contributed by atoms with E-state index >= 15 is 0 Å². The smallest absolute Gasteiger partial charge is 0.0264 e. The highest BCUT2D eigenvalue weighted by atomic mass is 15.3. The second kappa shape index (κ2) is 6.62. The maximum Gasteiger partial charge on any atom is 0.0264 e. The van der Waals surface area contributed by atoms with E-state index in [4.69, 9.17) is 0 Å². The van der Waals surface area contributed by atoms with Crippen LogP contribution in [0.4, 0.5) is 0 Å². The summed E-state index contributed by atoms with van der Waals surface area (Å²) in [7, 11) is 0. The van der Waals surface area contributed by atoms with E-state index in [-0.39, 0.29) is 0 Å². The second-order valence-corrected chi connectivity index (χ2v) is 8.95. The zero-order chi connectivity index (χ0) is 16.0. The monoisotopic (exact) mass is 320 g/mol. The second-order valence-electron chi connectivity index (χ2n) is 8.95. The molecular weight excluding hydrogens is 284 g/mol. The van der Waals surface area contributed by atoms with Gasteiger partial charge in [-0.1, -0.05) is 0 Å². The van der Waals surface area contributed by atoms with Gasteiger partial charge in [-0.3, -0.25) is 9.80 Å². The van der Waals surface area contributed by atoms with Crippen LogP contribution in [0.15, 0.2) is 0 Å². The molecule has 2 N–H and O–H groups in total. The summed E-state index contributed by atoms with van der Waals surface area (Å²) in [5.74, 6) is 1.85. The Kier molecular flexibility index (Phi) is 4.70. The summed E-state index contributed by atoms with van der Waals surface area (Å²) < 4.78 is 0. The van der Waals surface area contributed by atoms with E-state index < -0.39 is 0 Å². The number of rotatable bonds is 4. The molecular formula is C19H36N4. The van der Waals surface area contributed by atoms with Crippen molar-refractivity contribution in [2.75, 3.05) is 32.7 Å². The molecule has 4 heterocycles. The number of piperidine rings is 2. The molecule has 4 saturated heterocycles. The van der Waals surface area contributed by atoms with Gasteiger partial charge >= 0.3 is 0 Å². The molecule has 4 rings (SSSR count). The molecule has 0 aromatic carbocycles. The summed E-state index contributed by atoms with van der Waals surface area (Å²) in [6.07, 6.45) is 5.55. The van der Waals surface area contributed by atoms with Gasteiger partial charge in [-0.2, -0.15) is 0 Å². The van der Waals surface area contributed by atoms with E-state index in [0.29, 0.717) is 6.04 Å². The average Bonchev–Trinajstić information content (AvgIpc) is 2.95. The average molecular weight is 321 g/mol. The van der Waals surface area contributed by atoms with Gasteiger partial charge in [0.2, 0.25) is 0 Å². The zero-order valence-corrected chi connectivity index (χ0v) is 15.3. The fourth-order valence-electron chi connectivity index (χ4n) is 5.70. The summed E-state index contributed by atoms with van der Waals surface area (Å²) in [6, 6.07) is 3.79. The van der Waals surface area contributed by atoms with E-state index in [9.17, 15) is 0 Å². The molecule has 4 fully saturated rings. The predicted molar refractivity (Wildman–Crippen MR) is 95.7 cm³/mol. The lowest BCUT2D eigenvalue weighted by atomic mass is 9.82. The zero-order valence-electron chi connectivity index (χ0n) is 15.3. The Labute approximate surface area is 142 Å². The van der Waals surface area contributed by atoms with Crippen LogP contribution >= 0.6 is 0 Å². The van der Waals surface area contributed by atoms with Crippen molar-refractivity contribution in [3.05, 3.63) is 0 Å². The highest BCUT2D eigenvalue weighted by molar-refractivity contribution is 4.99. The van der Waals surface area contributed by atoms with Crippen LogP contribution in [0.5, 0.6) is 0 Å². The SMILES string of the molecule is CC(CC1CC2NCCC2N(C(C)C)C1)N1CCC2CNC2C1. The molecule has 0 aromatic heterocycles. The van der Waals surface area contributed by atoms with Crippen LogP contribution in [-0.2, 0) is 0 Å². The molecule has 0 radical (unpaired) electrons. The van der Waals surface area contributed by atoms with E-state index in [2.05, 4.69) is 41.2 Å². The highest BCUT2D eigenvalue weighted by Crippen LogP contribution is 2.33. The molecule has 23 heavy (non-hydrogen) atoms. The molecule has 4 nitrogen and oxygen atoms in total. The molecule has 0 aliphatic carbocycles. The largest absolute Gasteiger partial charge is 0.312 e. The van der Waals surface area contributed by atoms with Crippen LogP contribution in [-0.4, -0.2) is 72.7 Å². The van der Waals surface area contributed by atoms with Crippen LogP contribution < -0.4 is 10.6 Å². The van der Waals surface area contributed by atoms with Gasteiger partial charge in [-0.05, 0) is 77.9 Å². The molecule has 132 valence electrons. The van der Waals surface area contributed by atoms with E-state index in [1.54, 1.807) is 0 Å². The molecule has 4 aliphatic rings. The van der Waals surface area contributed by atoms with Crippen molar-refractivity contribution in [3.63, 3.8) is 0 Å². The fraction of sp³-hybridized carbons (Fsp3) is 1.00. The van der Waals surface area contributed by atoms with Gasteiger partial charge in [0.05, 0.1) is 0 Å². The molecule has 0 amide bonds. The van der Waals surface area contributed by atoms with Gasteiger partial charge in [-0.15, -0.1) is 0 Å². The number of hydrogen-bond acceptors (Lipinski definition) is 4. The third-order valence-electron chi connectivity index (χ3n) is 7.18. The molecule has 0 bridgehead atoms. The minimum Gasteiger partial charge on any atom is -0.312 e. The number of hydrogen-bond donors (Lipinski definition) is 2. The lowest BCUT2D eigenvalue weighted by Crippen LogP contribution is -2.63. The van der Waals surface area contributed by atoms with Crippen LogP contribution in [0.25, 0.3) is 0 Å². The predicted octanol–water partition coefficient (Wildman–Crippen LogP) is 1.52. The molecule has 0 aromatic rings. The lowest BCUT2D eigenvalue weighted by Gasteiger charge is -2.49. The number of nitrogens with zero attached hydrogens (tertiary/aromatic N) is 2. The quantitative estimate of drug-likeness (QED) is 0.822. The van der Waals surface area contributed by atoms with Gasteiger partial charge in [0.15, 0.2) is 0 Å². The highest BCUT2D eigenvalue weighted by Gasteiger charge is 2.41. The lowest BCUT2D eigenvalue weighted by molar-refractivity contribution is 0.0294. The molecule has 0 saturated carbocycles. The first-order valence-electron chi connectivity index (χ1n) is 10.1. The number of fused-ring (bicyclic) bond motifs is 2. The number of likely N-dealkylation sites (tertiary alicyclic amines) is 2. The van der Waals surface area contributed by atoms with Crippen molar-refractivity contribution in [1.29, 1.82) is 0 Å². The minimum atomic E-state index is 0.690. The van der Waals surface area contributed by atoms with Gasteiger partial charge < -0.3 is 10.6 Å². The summed E-state index contributed by atoms with van der Waals surface area (Å²) in [6.45, 7) is 13.7. The first-order chi connectivity index (χ1) is 11.1. The fourth-order valence-corrected chi connectivity index (χ4v) is 5.70. The Morgan fingerprint density at radius 3 is 2.61 bits per heavy atom. The molecule has 0 spiro atoms. The van der Waals surface area contributed by atoms with Crippen molar-refractivity contribution in [1.82, 2.24) is 20.4 Å². The maximum absolute atomic E-state index is 3.78. The standard InChI is InChI=1S/C19H36N4/c1-13(2)23-11-15(9-17-19(23)4-6-20-17)8-14(3)22-7-5-16-10-21-18(16)12-22/h13-21H,4-12H2,1-3H3. The molecule has 4 heteroatoms. The van der Waals surface area contributed by atoms with E-state index in [0.717, 1.165) is 36.0 Å². The van der Waals surface area contributed by atoms with Crippen molar-refractivity contribution in [3.8, 4) is 0 Å². The Balaban J connectivity index is 1.34. The van der Waals surface area contributed by atoms with Crippen molar-refractivity contribution < 1.29 is 0 Å². The summed E-state index contributed by atoms with van der Waals surface area (Å²) in [4.78, 5) is 5.56. The van der Waals surface area contributed by atoms with Crippen molar-refractivity contribution in [2.45, 2.75) is 76.7 Å². The van der Waals surface area contributed by atoms with Gasteiger partial charge in [-0.25, -0.2) is 0 Å². The van der Waals surface area contributed by atoms with Gasteiger partial charge in [0.25, 0.3) is 0 Å².